The zero-order valence-electron chi connectivity index (χ0n) is 16.6. The maximum absolute atomic E-state index is 4.41. The van der Waals surface area contributed by atoms with Crippen molar-refractivity contribution >= 4 is 30.3 Å². The van der Waals surface area contributed by atoms with Gasteiger partial charge in [-0.15, -0.1) is 0 Å². The number of hydrogen-bond acceptors (Lipinski definition) is 4. The molecule has 0 saturated heterocycles. The van der Waals surface area contributed by atoms with Crippen LogP contribution < -0.4 is 0 Å². The third-order valence-electron chi connectivity index (χ3n) is 4.03. The predicted octanol–water partition coefficient (Wildman–Crippen LogP) is 3.47. The quantitative estimate of drug-likeness (QED) is 0.419. The van der Waals surface area contributed by atoms with Crippen molar-refractivity contribution in [3.8, 4) is 0 Å². The van der Waals surface area contributed by atoms with Crippen LogP contribution in [-0.4, -0.2) is 68.5 Å². The topological polar surface area (TPSA) is 31.2 Å². The summed E-state index contributed by atoms with van der Waals surface area (Å²) in [7, 11) is 7.90. The summed E-state index contributed by atoms with van der Waals surface area (Å²) in [6, 6.07) is 0. The minimum absolute atomic E-state index is 0. The van der Waals surface area contributed by atoms with Gasteiger partial charge in [-0.1, -0.05) is 51.0 Å². The Morgan fingerprint density at radius 1 is 0.792 bits per heavy atom. The molecule has 24 heavy (non-hydrogen) atoms. The van der Waals surface area contributed by atoms with Crippen molar-refractivity contribution in [3.05, 3.63) is 12.8 Å². The van der Waals surface area contributed by atoms with Crippen LogP contribution in [0.1, 0.15) is 52.4 Å². The van der Waals surface area contributed by atoms with Gasteiger partial charge in [0.1, 0.15) is 0 Å². The molecule has 2 fully saturated rings. The van der Waals surface area contributed by atoms with Gasteiger partial charge < -0.3 is 22.9 Å². The summed E-state index contributed by atoms with van der Waals surface area (Å²) in [5.74, 6) is 1.32. The molecule has 0 aromatic heterocycles. The number of hydrazone groups is 2. The van der Waals surface area contributed by atoms with E-state index in [-0.39, 0.29) is 35.9 Å². The van der Waals surface area contributed by atoms with E-state index in [1.807, 2.05) is 38.2 Å². The first kappa shape index (κ1) is 26.0. The van der Waals surface area contributed by atoms with Crippen LogP contribution >= 0.6 is 0 Å². The second kappa shape index (κ2) is 14.0. The predicted molar refractivity (Wildman–Crippen MR) is 103 cm³/mol. The Hall–Kier alpha value is -0.203. The molecule has 2 aliphatic carbocycles. The first-order chi connectivity index (χ1) is 10.4. The SMILES string of the molecule is CC1CCC[CH-]/C1=N\N(C)C.CC1CCC[CH-]/C1=N\N(C)C.[Cu+2].[Li]. The van der Waals surface area contributed by atoms with Crippen LogP contribution in [0.25, 0.3) is 0 Å². The fraction of sp³-hybridized carbons (Fsp3) is 0.778. The van der Waals surface area contributed by atoms with Gasteiger partial charge in [0.05, 0.1) is 0 Å². The van der Waals surface area contributed by atoms with Crippen molar-refractivity contribution in [1.82, 2.24) is 10.0 Å². The second-order valence-corrected chi connectivity index (χ2v) is 6.82. The number of rotatable bonds is 2. The second-order valence-electron chi connectivity index (χ2n) is 6.82. The van der Waals surface area contributed by atoms with Gasteiger partial charge in [-0.3, -0.25) is 0 Å². The fourth-order valence-corrected chi connectivity index (χ4v) is 2.79. The Morgan fingerprint density at radius 2 is 1.12 bits per heavy atom. The van der Waals surface area contributed by atoms with Crippen molar-refractivity contribution in [2.24, 2.45) is 22.0 Å². The monoisotopic (exact) mass is 376 g/mol. The maximum atomic E-state index is 4.41. The fourth-order valence-electron chi connectivity index (χ4n) is 2.79. The Bertz CT molecular complexity index is 347. The molecule has 2 saturated carbocycles. The Morgan fingerprint density at radius 3 is 1.38 bits per heavy atom. The summed E-state index contributed by atoms with van der Waals surface area (Å²) in [5.41, 5.74) is 2.53. The van der Waals surface area contributed by atoms with Crippen LogP contribution in [0.4, 0.5) is 0 Å². The molecule has 0 heterocycles. The molecule has 2 radical (unpaired) electrons. The third kappa shape index (κ3) is 10.6. The molecule has 0 N–H and O–H groups in total. The molecular formula is C18H34CuLiN4. The molecule has 0 bridgehead atoms. The van der Waals surface area contributed by atoms with Gasteiger partial charge in [0.2, 0.25) is 0 Å². The molecule has 2 unspecified atom stereocenters. The Balaban J connectivity index is 0. The van der Waals surface area contributed by atoms with Crippen molar-refractivity contribution < 1.29 is 17.1 Å². The molecule has 4 nitrogen and oxygen atoms in total. The van der Waals surface area contributed by atoms with Gasteiger partial charge in [0, 0.05) is 47.1 Å². The zero-order chi connectivity index (χ0) is 16.5. The molecular weight excluding hydrogens is 343 g/mol. The maximum Gasteiger partial charge on any atom is 2.00 e. The summed E-state index contributed by atoms with van der Waals surface area (Å²) in [6.45, 7) is 4.50. The Labute approximate surface area is 172 Å². The molecule has 0 aliphatic heterocycles. The average molecular weight is 377 g/mol. The van der Waals surface area contributed by atoms with E-state index >= 15 is 0 Å². The van der Waals surface area contributed by atoms with E-state index in [1.54, 1.807) is 0 Å². The summed E-state index contributed by atoms with van der Waals surface area (Å²) in [6.07, 6.45) is 12.2. The first-order valence-corrected chi connectivity index (χ1v) is 8.58. The van der Waals surface area contributed by atoms with Gasteiger partial charge in [0.25, 0.3) is 0 Å². The summed E-state index contributed by atoms with van der Waals surface area (Å²) in [5, 5.41) is 12.6. The van der Waals surface area contributed by atoms with Crippen molar-refractivity contribution in [2.75, 3.05) is 28.2 Å². The molecule has 2 aliphatic rings. The van der Waals surface area contributed by atoms with Gasteiger partial charge in [-0.2, -0.15) is 12.8 Å². The van der Waals surface area contributed by atoms with E-state index in [2.05, 4.69) is 36.9 Å². The molecule has 0 amide bonds. The van der Waals surface area contributed by atoms with E-state index < -0.39 is 0 Å². The van der Waals surface area contributed by atoms with E-state index in [1.165, 1.54) is 49.9 Å². The van der Waals surface area contributed by atoms with Crippen LogP contribution in [0, 0.1) is 24.7 Å². The van der Waals surface area contributed by atoms with Crippen molar-refractivity contribution in [1.29, 1.82) is 0 Å². The van der Waals surface area contributed by atoms with Crippen LogP contribution in [0.3, 0.4) is 0 Å². The van der Waals surface area contributed by atoms with Gasteiger partial charge in [-0.05, 0) is 11.8 Å². The van der Waals surface area contributed by atoms with Crippen molar-refractivity contribution in [2.45, 2.75) is 52.4 Å². The minimum atomic E-state index is 0. The molecule has 6 heteroatoms. The normalized spacial score (nSPS) is 25.9. The smallest absolute Gasteiger partial charge is 0.344 e. The minimum Gasteiger partial charge on any atom is -0.344 e. The van der Waals surface area contributed by atoms with Gasteiger partial charge in [-0.25, -0.2) is 10.2 Å². The van der Waals surface area contributed by atoms with Crippen LogP contribution in [0.5, 0.6) is 0 Å². The van der Waals surface area contributed by atoms with E-state index in [0.29, 0.717) is 11.8 Å². The first-order valence-electron chi connectivity index (χ1n) is 8.58. The summed E-state index contributed by atoms with van der Waals surface area (Å²) < 4.78 is 0. The summed E-state index contributed by atoms with van der Waals surface area (Å²) in [4.78, 5) is 0. The van der Waals surface area contributed by atoms with Crippen molar-refractivity contribution in [3.63, 3.8) is 0 Å². The van der Waals surface area contributed by atoms with Crippen LogP contribution in [0.2, 0.25) is 0 Å². The molecule has 0 aromatic carbocycles. The summed E-state index contributed by atoms with van der Waals surface area (Å²) >= 11 is 0. The zero-order valence-corrected chi connectivity index (χ0v) is 17.6. The molecule has 138 valence electrons. The molecule has 0 spiro atoms. The largest absolute Gasteiger partial charge is 2.00 e. The number of nitrogens with zero attached hydrogens (tertiary/aromatic N) is 4. The number of hydrogen-bond donors (Lipinski definition) is 0. The van der Waals surface area contributed by atoms with Crippen LogP contribution in [-0.2, 0) is 17.1 Å². The molecule has 2 atom stereocenters. The average Bonchev–Trinajstić information content (AvgIpc) is 2.44. The van der Waals surface area contributed by atoms with Crippen LogP contribution in [0.15, 0.2) is 10.2 Å². The molecule has 2 rings (SSSR count). The standard InChI is InChI=1S/2C9H17N2.Cu.Li/c2*1-8-6-4-5-7-9(8)10-11(2)3;;/h2*7-8H,4-6H2,1-3H3;;/q2*-1;+2;/b2*10-9+;;. The van der Waals surface area contributed by atoms with E-state index in [9.17, 15) is 0 Å². The van der Waals surface area contributed by atoms with E-state index in [4.69, 9.17) is 0 Å². The van der Waals surface area contributed by atoms with Gasteiger partial charge >= 0.3 is 17.1 Å². The Kier molecular flexibility index (Phi) is 15.2. The molecule has 0 aromatic rings. The van der Waals surface area contributed by atoms with Gasteiger partial charge in [0.15, 0.2) is 0 Å². The van der Waals surface area contributed by atoms with E-state index in [0.717, 1.165) is 0 Å². The third-order valence-corrected chi connectivity index (χ3v) is 4.03.